The molecule has 0 spiro atoms. The van der Waals surface area contributed by atoms with Gasteiger partial charge in [0, 0.05) is 11.3 Å². The first-order valence-electron chi connectivity index (χ1n) is 6.18. The van der Waals surface area contributed by atoms with Gasteiger partial charge in [0.25, 0.3) is 10.0 Å². The van der Waals surface area contributed by atoms with Crippen molar-refractivity contribution in [3.05, 3.63) is 40.7 Å². The molecule has 0 bridgehead atoms. The lowest BCUT2D eigenvalue weighted by atomic mass is 10.2. The molecule has 21 heavy (non-hydrogen) atoms. The maximum Gasteiger partial charge on any atom is 0.265 e. The Morgan fingerprint density at radius 1 is 1.43 bits per heavy atom. The molecule has 3 rings (SSSR count). The second-order valence-corrected chi connectivity index (χ2v) is 7.19. The number of nitrogens with one attached hydrogen (secondary N) is 1. The van der Waals surface area contributed by atoms with Gasteiger partial charge in [0.1, 0.15) is 22.3 Å². The van der Waals surface area contributed by atoms with Gasteiger partial charge in [-0.25, -0.2) is 17.8 Å². The molecule has 0 unspecified atom stereocenters. The SMILES string of the molecule is N#Cc1c(F)cccc1S(=O)(=O)Nc1nc(C2CC2)cs1. The van der Waals surface area contributed by atoms with Crippen molar-refractivity contribution >= 4 is 26.5 Å². The number of rotatable bonds is 4. The molecule has 1 aliphatic carbocycles. The average Bonchev–Trinajstić information content (AvgIpc) is 3.19. The Labute approximate surface area is 125 Å². The van der Waals surface area contributed by atoms with Gasteiger partial charge in [-0.05, 0) is 25.0 Å². The average molecular weight is 323 g/mol. The molecule has 0 atom stereocenters. The van der Waals surface area contributed by atoms with E-state index in [0.717, 1.165) is 24.6 Å². The van der Waals surface area contributed by atoms with Crippen molar-refractivity contribution in [1.29, 1.82) is 5.26 Å². The zero-order valence-electron chi connectivity index (χ0n) is 10.7. The Hall–Kier alpha value is -1.98. The third-order valence-corrected chi connectivity index (χ3v) is 5.40. The van der Waals surface area contributed by atoms with Gasteiger partial charge in [-0.15, -0.1) is 11.3 Å². The lowest BCUT2D eigenvalue weighted by Crippen LogP contribution is -2.15. The minimum absolute atomic E-state index is 0.227. The van der Waals surface area contributed by atoms with Crippen LogP contribution in [-0.2, 0) is 10.0 Å². The lowest BCUT2D eigenvalue weighted by Gasteiger charge is -2.07. The molecule has 0 radical (unpaired) electrons. The second-order valence-electron chi connectivity index (χ2n) is 4.68. The molecule has 0 aliphatic heterocycles. The predicted molar refractivity (Wildman–Crippen MR) is 76.0 cm³/mol. The minimum atomic E-state index is -4.04. The summed E-state index contributed by atoms with van der Waals surface area (Å²) in [5.41, 5.74) is 0.376. The van der Waals surface area contributed by atoms with Crippen molar-refractivity contribution in [2.75, 3.05) is 4.72 Å². The zero-order chi connectivity index (χ0) is 15.0. The quantitative estimate of drug-likeness (QED) is 0.938. The van der Waals surface area contributed by atoms with Gasteiger partial charge in [-0.1, -0.05) is 6.07 Å². The van der Waals surface area contributed by atoms with Crippen LogP contribution in [0.5, 0.6) is 0 Å². The number of sulfonamides is 1. The van der Waals surface area contributed by atoms with Gasteiger partial charge in [-0.3, -0.25) is 4.72 Å². The van der Waals surface area contributed by atoms with Gasteiger partial charge in [0.2, 0.25) is 0 Å². The van der Waals surface area contributed by atoms with Crippen LogP contribution in [0.15, 0.2) is 28.5 Å². The number of thiazole rings is 1. The normalized spacial score (nSPS) is 14.7. The topological polar surface area (TPSA) is 82.8 Å². The van der Waals surface area contributed by atoms with E-state index in [9.17, 15) is 12.8 Å². The van der Waals surface area contributed by atoms with Crippen molar-refractivity contribution in [2.24, 2.45) is 0 Å². The van der Waals surface area contributed by atoms with E-state index in [4.69, 9.17) is 5.26 Å². The van der Waals surface area contributed by atoms with Crippen LogP contribution >= 0.6 is 11.3 Å². The number of halogens is 1. The minimum Gasteiger partial charge on any atom is -0.255 e. The van der Waals surface area contributed by atoms with Gasteiger partial charge < -0.3 is 0 Å². The van der Waals surface area contributed by atoms with Crippen LogP contribution in [0, 0.1) is 17.1 Å². The Morgan fingerprint density at radius 3 is 2.86 bits per heavy atom. The molecule has 0 saturated heterocycles. The molecule has 1 aliphatic rings. The maximum atomic E-state index is 13.5. The van der Waals surface area contributed by atoms with E-state index in [0.29, 0.717) is 5.92 Å². The van der Waals surface area contributed by atoms with Crippen LogP contribution in [-0.4, -0.2) is 13.4 Å². The van der Waals surface area contributed by atoms with Crippen LogP contribution in [0.1, 0.15) is 30.0 Å². The fraction of sp³-hybridized carbons (Fsp3) is 0.231. The maximum absolute atomic E-state index is 13.5. The van der Waals surface area contributed by atoms with Gasteiger partial charge >= 0.3 is 0 Å². The summed E-state index contributed by atoms with van der Waals surface area (Å²) in [6, 6.07) is 5.07. The largest absolute Gasteiger partial charge is 0.265 e. The number of hydrogen-bond donors (Lipinski definition) is 1. The van der Waals surface area contributed by atoms with Crippen LogP contribution in [0.3, 0.4) is 0 Å². The van der Waals surface area contributed by atoms with E-state index >= 15 is 0 Å². The van der Waals surface area contributed by atoms with E-state index < -0.39 is 21.4 Å². The Balaban J connectivity index is 1.93. The number of hydrogen-bond acceptors (Lipinski definition) is 5. The van der Waals surface area contributed by atoms with E-state index in [-0.39, 0.29) is 10.0 Å². The highest BCUT2D eigenvalue weighted by molar-refractivity contribution is 7.93. The van der Waals surface area contributed by atoms with E-state index in [1.54, 1.807) is 6.07 Å². The number of benzene rings is 1. The fourth-order valence-electron chi connectivity index (χ4n) is 1.91. The Bertz CT molecular complexity index is 835. The molecule has 1 aromatic carbocycles. The predicted octanol–water partition coefficient (Wildman–Crippen LogP) is 2.83. The molecule has 1 N–H and O–H groups in total. The smallest absolute Gasteiger partial charge is 0.255 e. The Morgan fingerprint density at radius 2 is 2.19 bits per heavy atom. The van der Waals surface area contributed by atoms with Crippen molar-refractivity contribution in [2.45, 2.75) is 23.7 Å². The highest BCUT2D eigenvalue weighted by Gasteiger charge is 2.27. The molecule has 1 heterocycles. The van der Waals surface area contributed by atoms with E-state index in [1.807, 2.05) is 5.38 Å². The molecule has 108 valence electrons. The summed E-state index contributed by atoms with van der Waals surface area (Å²) in [5.74, 6) is -0.443. The zero-order valence-corrected chi connectivity index (χ0v) is 12.3. The first-order chi connectivity index (χ1) is 10.0. The van der Waals surface area contributed by atoms with Crippen LogP contribution < -0.4 is 4.72 Å². The second kappa shape index (κ2) is 5.09. The number of anilines is 1. The summed E-state index contributed by atoms with van der Waals surface area (Å²) in [7, 11) is -4.04. The summed E-state index contributed by atoms with van der Waals surface area (Å²) < 4.78 is 40.3. The van der Waals surface area contributed by atoms with Crippen molar-refractivity contribution in [3.8, 4) is 6.07 Å². The highest BCUT2D eigenvalue weighted by atomic mass is 32.2. The molecule has 1 saturated carbocycles. The van der Waals surface area contributed by atoms with Gasteiger partial charge in [0.05, 0.1) is 5.69 Å². The monoisotopic (exact) mass is 323 g/mol. The van der Waals surface area contributed by atoms with Crippen LogP contribution in [0.2, 0.25) is 0 Å². The van der Waals surface area contributed by atoms with E-state index in [2.05, 4.69) is 9.71 Å². The number of nitriles is 1. The number of nitrogens with zero attached hydrogens (tertiary/aromatic N) is 2. The van der Waals surface area contributed by atoms with Gasteiger partial charge in [0.15, 0.2) is 5.13 Å². The van der Waals surface area contributed by atoms with Crippen molar-refractivity contribution < 1.29 is 12.8 Å². The van der Waals surface area contributed by atoms with E-state index in [1.165, 1.54) is 23.5 Å². The van der Waals surface area contributed by atoms with Crippen molar-refractivity contribution in [3.63, 3.8) is 0 Å². The molecule has 5 nitrogen and oxygen atoms in total. The summed E-state index contributed by atoms with van der Waals surface area (Å²) in [6.45, 7) is 0. The molecule has 2 aromatic rings. The summed E-state index contributed by atoms with van der Waals surface area (Å²) in [4.78, 5) is 3.83. The molecule has 0 amide bonds. The van der Waals surface area contributed by atoms with Crippen molar-refractivity contribution in [1.82, 2.24) is 4.98 Å². The molecular weight excluding hydrogens is 313 g/mol. The first-order valence-corrected chi connectivity index (χ1v) is 8.54. The summed E-state index contributed by atoms with van der Waals surface area (Å²) in [6.07, 6.45) is 2.14. The highest BCUT2D eigenvalue weighted by Crippen LogP contribution is 2.41. The third-order valence-electron chi connectivity index (χ3n) is 3.12. The molecule has 1 fully saturated rings. The molecular formula is C13H10FN3O2S2. The standard InChI is InChI=1S/C13H10FN3O2S2/c14-10-2-1-3-12(9(10)6-15)21(18,19)17-13-16-11(7-20-13)8-4-5-8/h1-3,7-8H,4-5H2,(H,16,17). The Kier molecular flexibility index (Phi) is 3.39. The number of aromatic nitrogens is 1. The van der Waals surface area contributed by atoms with Gasteiger partial charge in [-0.2, -0.15) is 5.26 Å². The lowest BCUT2D eigenvalue weighted by molar-refractivity contribution is 0.593. The molecule has 8 heteroatoms. The third kappa shape index (κ3) is 2.75. The summed E-state index contributed by atoms with van der Waals surface area (Å²) in [5, 5.41) is 11.0. The van der Waals surface area contributed by atoms with Crippen LogP contribution in [0.25, 0.3) is 0 Å². The fourth-order valence-corrected chi connectivity index (χ4v) is 4.12. The summed E-state index contributed by atoms with van der Waals surface area (Å²) >= 11 is 1.18. The molecule has 1 aromatic heterocycles. The first kappa shape index (κ1) is 14.0. The van der Waals surface area contributed by atoms with Crippen LogP contribution in [0.4, 0.5) is 9.52 Å².